The lowest BCUT2D eigenvalue weighted by molar-refractivity contribution is -0.130. The maximum atomic E-state index is 6.05. The van der Waals surface area contributed by atoms with E-state index in [0.29, 0.717) is 29.1 Å². The molecule has 2 aromatic heterocycles. The summed E-state index contributed by atoms with van der Waals surface area (Å²) in [5.41, 5.74) is 0.419. The molecule has 0 amide bonds. The molecule has 128 valence electrons. The molecule has 6 heteroatoms. The van der Waals surface area contributed by atoms with Crippen LogP contribution in [0, 0.1) is 11.3 Å². The number of nitrogens with zero attached hydrogens (tertiary/aromatic N) is 2. The third kappa shape index (κ3) is 2.16. The Morgan fingerprint density at radius 2 is 2.25 bits per heavy atom. The number of rotatable bonds is 5. The molecule has 2 aliphatic carbocycles. The summed E-state index contributed by atoms with van der Waals surface area (Å²) in [6, 6.07) is 4.36. The zero-order valence-corrected chi connectivity index (χ0v) is 13.8. The predicted molar refractivity (Wildman–Crippen MR) is 88.3 cm³/mol. The molecule has 24 heavy (non-hydrogen) atoms. The van der Waals surface area contributed by atoms with Crippen molar-refractivity contribution in [3.63, 3.8) is 0 Å². The number of hydrogen-bond donors (Lipinski definition) is 2. The average molecular weight is 328 g/mol. The summed E-state index contributed by atoms with van der Waals surface area (Å²) in [6.07, 6.45) is 9.62. The molecule has 3 aliphatic rings. The minimum atomic E-state index is 0.419. The lowest BCUT2D eigenvalue weighted by Crippen LogP contribution is -2.67. The summed E-state index contributed by atoms with van der Waals surface area (Å²) < 4.78 is 11.4. The fourth-order valence-corrected chi connectivity index (χ4v) is 5.28. The van der Waals surface area contributed by atoms with Crippen molar-refractivity contribution in [2.75, 3.05) is 13.2 Å². The molecule has 0 radical (unpaired) electrons. The van der Waals surface area contributed by atoms with Crippen LogP contribution in [0.1, 0.15) is 37.9 Å². The topological polar surface area (TPSA) is 76.0 Å². The Labute approximate surface area is 141 Å². The van der Waals surface area contributed by atoms with Crippen LogP contribution in [0.25, 0.3) is 11.6 Å². The molecular weight excluding hydrogens is 304 g/mol. The number of aromatic nitrogens is 3. The van der Waals surface area contributed by atoms with E-state index in [9.17, 15) is 0 Å². The summed E-state index contributed by atoms with van der Waals surface area (Å²) in [6.45, 7) is 1.88. The summed E-state index contributed by atoms with van der Waals surface area (Å²) in [5, 5.41) is 11.1. The minimum Gasteiger partial charge on any atom is -0.461 e. The summed E-state index contributed by atoms with van der Waals surface area (Å²) in [5.74, 6) is 2.97. The number of fused-ring (bicyclic) bond motifs is 2. The number of furan rings is 1. The first-order chi connectivity index (χ1) is 11.9. The highest BCUT2D eigenvalue weighted by molar-refractivity contribution is 5.45. The normalized spacial score (nSPS) is 30.6. The lowest BCUT2D eigenvalue weighted by atomic mass is 9.54. The van der Waals surface area contributed by atoms with E-state index in [-0.39, 0.29) is 0 Å². The quantitative estimate of drug-likeness (QED) is 0.882. The van der Waals surface area contributed by atoms with Gasteiger partial charge in [-0.15, -0.1) is 0 Å². The van der Waals surface area contributed by atoms with Gasteiger partial charge in [-0.3, -0.25) is 5.10 Å². The molecule has 0 unspecified atom stereocenters. The van der Waals surface area contributed by atoms with Crippen LogP contribution in [0.2, 0.25) is 0 Å². The van der Waals surface area contributed by atoms with Crippen LogP contribution in [0.3, 0.4) is 0 Å². The highest BCUT2D eigenvalue weighted by atomic mass is 16.5. The third-order valence-corrected chi connectivity index (χ3v) is 6.29. The number of aromatic amines is 1. The molecule has 1 aliphatic heterocycles. The summed E-state index contributed by atoms with van der Waals surface area (Å²) >= 11 is 0. The summed E-state index contributed by atoms with van der Waals surface area (Å²) in [7, 11) is 0. The maximum absolute atomic E-state index is 6.05. The first-order valence-electron chi connectivity index (χ1n) is 9.17. The van der Waals surface area contributed by atoms with Gasteiger partial charge in [0.25, 0.3) is 0 Å². The van der Waals surface area contributed by atoms with Gasteiger partial charge in [-0.05, 0) is 31.4 Å². The lowest BCUT2D eigenvalue weighted by Gasteiger charge is -2.57. The van der Waals surface area contributed by atoms with E-state index in [4.69, 9.17) is 9.15 Å². The van der Waals surface area contributed by atoms with Gasteiger partial charge < -0.3 is 14.5 Å². The number of ether oxygens (including phenoxy) is 1. The molecule has 1 spiro atoms. The monoisotopic (exact) mass is 328 g/mol. The van der Waals surface area contributed by atoms with E-state index >= 15 is 0 Å². The van der Waals surface area contributed by atoms with Gasteiger partial charge in [-0.2, -0.15) is 5.10 Å². The average Bonchev–Trinajstić information content (AvgIpc) is 3.39. The van der Waals surface area contributed by atoms with Crippen molar-refractivity contribution in [2.45, 2.75) is 50.7 Å². The van der Waals surface area contributed by atoms with Gasteiger partial charge >= 0.3 is 0 Å². The van der Waals surface area contributed by atoms with Crippen molar-refractivity contribution in [3.05, 3.63) is 24.2 Å². The van der Waals surface area contributed by atoms with Crippen LogP contribution >= 0.6 is 0 Å². The molecule has 0 bridgehead atoms. The molecule has 3 atom stereocenters. The predicted octanol–water partition coefficient (Wildman–Crippen LogP) is 2.54. The first-order valence-corrected chi connectivity index (χ1v) is 9.17. The second-order valence-electron chi connectivity index (χ2n) is 7.45. The number of H-pyrrole nitrogens is 1. The van der Waals surface area contributed by atoms with Crippen LogP contribution in [0.4, 0.5) is 0 Å². The Morgan fingerprint density at radius 3 is 3.08 bits per heavy atom. The Morgan fingerprint density at radius 1 is 1.33 bits per heavy atom. The Kier molecular flexibility index (Phi) is 3.49. The third-order valence-electron chi connectivity index (χ3n) is 6.29. The van der Waals surface area contributed by atoms with E-state index in [1.54, 1.807) is 6.26 Å². The molecule has 6 nitrogen and oxygen atoms in total. The van der Waals surface area contributed by atoms with Crippen LogP contribution in [-0.2, 0) is 11.2 Å². The zero-order valence-electron chi connectivity index (χ0n) is 13.8. The minimum absolute atomic E-state index is 0.419. The number of hydrogen-bond acceptors (Lipinski definition) is 5. The van der Waals surface area contributed by atoms with Gasteiger partial charge in [-0.25, -0.2) is 4.98 Å². The molecule has 5 rings (SSSR count). The second kappa shape index (κ2) is 5.70. The molecule has 3 fully saturated rings. The van der Waals surface area contributed by atoms with Crippen LogP contribution < -0.4 is 5.32 Å². The van der Waals surface area contributed by atoms with Gasteiger partial charge in [0.1, 0.15) is 5.82 Å². The molecule has 3 heterocycles. The van der Waals surface area contributed by atoms with E-state index in [2.05, 4.69) is 20.5 Å². The van der Waals surface area contributed by atoms with Crippen molar-refractivity contribution < 1.29 is 9.15 Å². The smallest absolute Gasteiger partial charge is 0.216 e. The molecule has 1 saturated heterocycles. The van der Waals surface area contributed by atoms with Crippen LogP contribution in [0.5, 0.6) is 0 Å². The standard InChI is InChI=1S/C18H24N4O2/c1-2-8-18(7-1)15(12-6-11-24-16(12)18)19-9-5-14-20-17(22-21-14)13-4-3-10-23-13/h3-4,10,12,15-16,19H,1-2,5-9,11H2,(H,20,21,22)/t12-,15-,16-/m1/s1. The van der Waals surface area contributed by atoms with Gasteiger partial charge in [0.2, 0.25) is 5.82 Å². The molecule has 2 aromatic rings. The highest BCUT2D eigenvalue weighted by Crippen LogP contribution is 2.60. The van der Waals surface area contributed by atoms with E-state index in [0.717, 1.165) is 31.3 Å². The Bertz CT molecular complexity index is 690. The van der Waals surface area contributed by atoms with Crippen LogP contribution in [0.15, 0.2) is 22.8 Å². The molecule has 2 N–H and O–H groups in total. The molecule has 0 aromatic carbocycles. The zero-order chi connectivity index (χ0) is 16.0. The Hall–Kier alpha value is -1.66. The fourth-order valence-electron chi connectivity index (χ4n) is 5.28. The summed E-state index contributed by atoms with van der Waals surface area (Å²) in [4.78, 5) is 4.52. The van der Waals surface area contributed by atoms with Gasteiger partial charge in [0.15, 0.2) is 5.76 Å². The van der Waals surface area contributed by atoms with Crippen LogP contribution in [-0.4, -0.2) is 40.5 Å². The SMILES string of the molecule is c1coc(-c2n[nH]c(CCN[C@@H]3[C@H]4CCO[C@H]4C34CCCC4)n2)c1. The van der Waals surface area contributed by atoms with Crippen molar-refractivity contribution in [3.8, 4) is 11.6 Å². The van der Waals surface area contributed by atoms with Gasteiger partial charge in [0.05, 0.1) is 12.4 Å². The fraction of sp³-hybridized carbons (Fsp3) is 0.667. The first kappa shape index (κ1) is 14.7. The second-order valence-corrected chi connectivity index (χ2v) is 7.45. The maximum Gasteiger partial charge on any atom is 0.216 e. The van der Waals surface area contributed by atoms with E-state index in [1.165, 1.54) is 32.1 Å². The van der Waals surface area contributed by atoms with Crippen molar-refractivity contribution in [1.82, 2.24) is 20.5 Å². The highest BCUT2D eigenvalue weighted by Gasteiger charge is 2.64. The van der Waals surface area contributed by atoms with E-state index < -0.39 is 0 Å². The van der Waals surface area contributed by atoms with Crippen molar-refractivity contribution >= 4 is 0 Å². The van der Waals surface area contributed by atoms with Gasteiger partial charge in [0, 0.05) is 36.9 Å². The molecular formula is C18H24N4O2. The van der Waals surface area contributed by atoms with Gasteiger partial charge in [-0.1, -0.05) is 12.8 Å². The van der Waals surface area contributed by atoms with Crippen molar-refractivity contribution in [2.24, 2.45) is 11.3 Å². The number of nitrogens with one attached hydrogen (secondary N) is 2. The largest absolute Gasteiger partial charge is 0.461 e. The van der Waals surface area contributed by atoms with Crippen molar-refractivity contribution in [1.29, 1.82) is 0 Å². The Balaban J connectivity index is 1.21. The van der Waals surface area contributed by atoms with E-state index in [1.807, 2.05) is 12.1 Å². The molecule has 2 saturated carbocycles.